The molecule has 3 N–H and O–H groups in total. The first-order valence-electron chi connectivity index (χ1n) is 5.29. The Hall–Kier alpha value is -1.95. The second kappa shape index (κ2) is 5.36. The Labute approximate surface area is 116 Å². The van der Waals surface area contributed by atoms with Crippen LogP contribution in [0.15, 0.2) is 40.9 Å². The minimum atomic E-state index is -0.858. The molecule has 2 rings (SSSR count). The van der Waals surface area contributed by atoms with Crippen LogP contribution in [0.25, 0.3) is 0 Å². The van der Waals surface area contributed by atoms with E-state index in [1.165, 1.54) is 6.07 Å². The molecule has 0 aliphatic heterocycles. The van der Waals surface area contributed by atoms with Gasteiger partial charge in [0, 0.05) is 11.8 Å². The maximum absolute atomic E-state index is 13.5. The van der Waals surface area contributed by atoms with Gasteiger partial charge in [0.05, 0.1) is 15.7 Å². The molecule has 0 saturated carbocycles. The zero-order valence-corrected chi connectivity index (χ0v) is 11.2. The quantitative estimate of drug-likeness (QED) is 0.654. The van der Waals surface area contributed by atoms with Crippen molar-refractivity contribution in [2.24, 2.45) is 0 Å². The van der Waals surface area contributed by atoms with Gasteiger partial charge < -0.3 is 11.1 Å². The van der Waals surface area contributed by atoms with Crippen LogP contribution >= 0.6 is 15.9 Å². The number of carbonyl (C=O) groups is 1. The number of nitrogens with two attached hydrogens (primary N) is 1. The zero-order valence-electron chi connectivity index (χ0n) is 9.58. The first-order valence-corrected chi connectivity index (χ1v) is 6.08. The molecule has 0 atom stereocenters. The molecule has 0 radical (unpaired) electrons. The van der Waals surface area contributed by atoms with Gasteiger partial charge in [0.2, 0.25) is 0 Å². The maximum atomic E-state index is 13.5. The molecule has 0 aliphatic rings. The molecule has 19 heavy (non-hydrogen) atoms. The molecule has 3 nitrogen and oxygen atoms in total. The molecule has 0 spiro atoms. The summed E-state index contributed by atoms with van der Waals surface area (Å²) >= 11 is 2.92. The summed E-state index contributed by atoms with van der Waals surface area (Å²) < 4.78 is 26.6. The van der Waals surface area contributed by atoms with E-state index in [0.717, 1.165) is 6.07 Å². The van der Waals surface area contributed by atoms with Crippen LogP contribution in [0.2, 0.25) is 0 Å². The minimum absolute atomic E-state index is 0.0604. The lowest BCUT2D eigenvalue weighted by Crippen LogP contribution is -2.15. The van der Waals surface area contributed by atoms with Crippen LogP contribution in [0.5, 0.6) is 0 Å². The summed E-state index contributed by atoms with van der Waals surface area (Å²) in [6.07, 6.45) is 0. The normalized spacial score (nSPS) is 10.3. The van der Waals surface area contributed by atoms with Gasteiger partial charge in [0.1, 0.15) is 11.6 Å². The van der Waals surface area contributed by atoms with Crippen molar-refractivity contribution in [1.29, 1.82) is 0 Å². The SMILES string of the molecule is Nc1ccccc1C(=O)Nc1cc(Br)c(F)cc1F. The second-order valence-electron chi connectivity index (χ2n) is 3.79. The Morgan fingerprint density at radius 2 is 1.84 bits per heavy atom. The molecule has 0 heterocycles. The van der Waals surface area contributed by atoms with E-state index < -0.39 is 17.5 Å². The molecule has 0 bridgehead atoms. The number of anilines is 2. The zero-order chi connectivity index (χ0) is 14.0. The number of nitrogens with one attached hydrogen (secondary N) is 1. The lowest BCUT2D eigenvalue weighted by Gasteiger charge is -2.09. The van der Waals surface area contributed by atoms with Crippen molar-refractivity contribution in [1.82, 2.24) is 0 Å². The highest BCUT2D eigenvalue weighted by atomic mass is 79.9. The van der Waals surface area contributed by atoms with Crippen molar-refractivity contribution in [3.05, 3.63) is 58.1 Å². The lowest BCUT2D eigenvalue weighted by molar-refractivity contribution is 0.102. The van der Waals surface area contributed by atoms with E-state index in [1.807, 2.05) is 0 Å². The Morgan fingerprint density at radius 3 is 2.53 bits per heavy atom. The molecule has 0 aromatic heterocycles. The minimum Gasteiger partial charge on any atom is -0.398 e. The number of rotatable bonds is 2. The number of hydrogen-bond donors (Lipinski definition) is 2. The van der Waals surface area contributed by atoms with Gasteiger partial charge >= 0.3 is 0 Å². The van der Waals surface area contributed by atoms with Gasteiger partial charge in [-0.15, -0.1) is 0 Å². The van der Waals surface area contributed by atoms with Gasteiger partial charge in [-0.25, -0.2) is 8.78 Å². The van der Waals surface area contributed by atoms with Crippen LogP contribution in [-0.2, 0) is 0 Å². The van der Waals surface area contributed by atoms with Crippen LogP contribution in [0, 0.1) is 11.6 Å². The average Bonchev–Trinajstić information content (AvgIpc) is 2.36. The predicted molar refractivity (Wildman–Crippen MR) is 72.9 cm³/mol. The maximum Gasteiger partial charge on any atom is 0.257 e. The van der Waals surface area contributed by atoms with Gasteiger partial charge in [0.15, 0.2) is 0 Å². The van der Waals surface area contributed by atoms with Gasteiger partial charge in [0.25, 0.3) is 5.91 Å². The predicted octanol–water partition coefficient (Wildman–Crippen LogP) is 3.56. The van der Waals surface area contributed by atoms with E-state index in [1.54, 1.807) is 18.2 Å². The Morgan fingerprint density at radius 1 is 1.16 bits per heavy atom. The van der Waals surface area contributed by atoms with Gasteiger partial charge in [-0.1, -0.05) is 12.1 Å². The molecule has 0 unspecified atom stereocenters. The number of amides is 1. The number of para-hydroxylation sites is 1. The topological polar surface area (TPSA) is 55.1 Å². The Balaban J connectivity index is 2.30. The summed E-state index contributed by atoms with van der Waals surface area (Å²) in [5.74, 6) is -2.16. The van der Waals surface area contributed by atoms with Crippen molar-refractivity contribution in [3.8, 4) is 0 Å². The molecule has 98 valence electrons. The number of benzene rings is 2. The first-order chi connectivity index (χ1) is 8.99. The Kier molecular flexibility index (Phi) is 3.80. The van der Waals surface area contributed by atoms with E-state index in [9.17, 15) is 13.6 Å². The van der Waals surface area contributed by atoms with Crippen LogP contribution in [0.1, 0.15) is 10.4 Å². The molecule has 1 amide bonds. The van der Waals surface area contributed by atoms with Crippen molar-refractivity contribution >= 4 is 33.2 Å². The highest BCUT2D eigenvalue weighted by Crippen LogP contribution is 2.24. The summed E-state index contributed by atoms with van der Waals surface area (Å²) in [7, 11) is 0. The third kappa shape index (κ3) is 2.90. The summed E-state index contributed by atoms with van der Waals surface area (Å²) in [5, 5.41) is 2.34. The number of carbonyl (C=O) groups excluding carboxylic acids is 1. The van der Waals surface area contributed by atoms with Crippen molar-refractivity contribution in [2.45, 2.75) is 0 Å². The largest absolute Gasteiger partial charge is 0.398 e. The molecule has 0 fully saturated rings. The summed E-state index contributed by atoms with van der Waals surface area (Å²) in [5.41, 5.74) is 6.02. The third-order valence-electron chi connectivity index (χ3n) is 2.46. The van der Waals surface area contributed by atoms with E-state index in [2.05, 4.69) is 21.2 Å². The smallest absolute Gasteiger partial charge is 0.257 e. The van der Waals surface area contributed by atoms with Crippen LogP contribution in [-0.4, -0.2) is 5.91 Å². The van der Waals surface area contributed by atoms with Crippen LogP contribution in [0.4, 0.5) is 20.2 Å². The van der Waals surface area contributed by atoms with Crippen LogP contribution in [0.3, 0.4) is 0 Å². The molecule has 0 saturated heterocycles. The molecule has 2 aromatic rings. The van der Waals surface area contributed by atoms with E-state index >= 15 is 0 Å². The van der Waals surface area contributed by atoms with Gasteiger partial charge in [-0.2, -0.15) is 0 Å². The lowest BCUT2D eigenvalue weighted by atomic mass is 10.1. The molecular weight excluding hydrogens is 318 g/mol. The monoisotopic (exact) mass is 326 g/mol. The summed E-state index contributed by atoms with van der Waals surface area (Å²) in [4.78, 5) is 11.9. The van der Waals surface area contributed by atoms with Crippen molar-refractivity contribution < 1.29 is 13.6 Å². The fourth-order valence-corrected chi connectivity index (χ4v) is 1.86. The molecular formula is C13H9BrF2N2O. The average molecular weight is 327 g/mol. The van der Waals surface area contributed by atoms with Gasteiger partial charge in [-0.05, 0) is 34.1 Å². The number of nitrogen functional groups attached to an aromatic ring is 1. The fraction of sp³-hybridized carbons (Fsp3) is 0. The third-order valence-corrected chi connectivity index (χ3v) is 3.07. The molecule has 2 aromatic carbocycles. The highest BCUT2D eigenvalue weighted by molar-refractivity contribution is 9.10. The van der Waals surface area contributed by atoms with E-state index in [-0.39, 0.29) is 21.4 Å². The fourth-order valence-electron chi connectivity index (χ4n) is 1.51. The summed E-state index contributed by atoms with van der Waals surface area (Å²) in [6, 6.07) is 8.24. The van der Waals surface area contributed by atoms with Crippen molar-refractivity contribution in [3.63, 3.8) is 0 Å². The number of hydrogen-bond acceptors (Lipinski definition) is 2. The summed E-state index contributed by atoms with van der Waals surface area (Å²) in [6.45, 7) is 0. The Bertz CT molecular complexity index is 647. The van der Waals surface area contributed by atoms with E-state index in [0.29, 0.717) is 6.07 Å². The van der Waals surface area contributed by atoms with Crippen LogP contribution < -0.4 is 11.1 Å². The number of halogens is 3. The molecule has 0 aliphatic carbocycles. The standard InChI is InChI=1S/C13H9BrF2N2O/c14-8-5-12(10(16)6-9(8)15)18-13(19)7-3-1-2-4-11(7)17/h1-6H,17H2,(H,18,19). The first kappa shape index (κ1) is 13.5. The van der Waals surface area contributed by atoms with Gasteiger partial charge in [-0.3, -0.25) is 4.79 Å². The molecule has 6 heteroatoms. The van der Waals surface area contributed by atoms with Crippen molar-refractivity contribution in [2.75, 3.05) is 11.1 Å². The second-order valence-corrected chi connectivity index (χ2v) is 4.64. The highest BCUT2D eigenvalue weighted by Gasteiger charge is 2.13. The van der Waals surface area contributed by atoms with E-state index in [4.69, 9.17) is 5.73 Å².